The van der Waals surface area contributed by atoms with Crippen molar-refractivity contribution in [1.29, 1.82) is 0 Å². The third-order valence-corrected chi connectivity index (χ3v) is 5.79. The van der Waals surface area contributed by atoms with Gasteiger partial charge < -0.3 is 10.2 Å². The smallest absolute Gasteiger partial charge is 0.288 e. The summed E-state index contributed by atoms with van der Waals surface area (Å²) in [5.41, 5.74) is 2.10. The van der Waals surface area contributed by atoms with E-state index in [1.807, 2.05) is 25.1 Å². The Balaban J connectivity index is 1.69. The highest BCUT2D eigenvalue weighted by Crippen LogP contribution is 2.27. The van der Waals surface area contributed by atoms with E-state index in [1.165, 1.54) is 40.9 Å². The number of carbonyl (C=O) groups excluding carboxylic acids is 2. The molecule has 0 aliphatic carbocycles. The van der Waals surface area contributed by atoms with Crippen LogP contribution in [0.5, 0.6) is 0 Å². The first-order chi connectivity index (χ1) is 12.9. The van der Waals surface area contributed by atoms with E-state index in [4.69, 9.17) is 0 Å². The lowest BCUT2D eigenvalue weighted by molar-refractivity contribution is -0.119. The van der Waals surface area contributed by atoms with E-state index >= 15 is 0 Å². The molecule has 1 N–H and O–H groups in total. The highest BCUT2D eigenvalue weighted by atomic mass is 32.2. The highest BCUT2D eigenvalue weighted by Gasteiger charge is 2.35. The largest absolute Gasteiger partial charge is 0.324 e. The molecule has 27 heavy (non-hydrogen) atoms. The normalized spacial score (nSPS) is 16.6. The number of hydrogen-bond acceptors (Lipinski definition) is 4. The molecule has 4 nitrogen and oxygen atoms in total. The average Bonchev–Trinajstić information content (AvgIpc) is 3.11. The molecular formula is C19H18F2N2O2S2. The van der Waals surface area contributed by atoms with Gasteiger partial charge in [-0.2, -0.15) is 8.78 Å². The molecule has 1 fully saturated rings. The Bertz CT molecular complexity index is 831. The van der Waals surface area contributed by atoms with Gasteiger partial charge in [-0.05, 0) is 48.9 Å². The number of carbonyl (C=O) groups is 2. The Kier molecular flexibility index (Phi) is 6.38. The molecule has 0 spiro atoms. The van der Waals surface area contributed by atoms with Crippen molar-refractivity contribution in [3.05, 3.63) is 59.7 Å². The van der Waals surface area contributed by atoms with Crippen LogP contribution in [0.15, 0.2) is 53.4 Å². The van der Waals surface area contributed by atoms with Crippen molar-refractivity contribution in [2.24, 2.45) is 0 Å². The lowest BCUT2D eigenvalue weighted by atomic mass is 10.1. The van der Waals surface area contributed by atoms with E-state index in [0.717, 1.165) is 5.56 Å². The fraction of sp³-hybridized carbons (Fsp3) is 0.263. The van der Waals surface area contributed by atoms with E-state index in [-0.39, 0.29) is 11.8 Å². The number of amides is 2. The first kappa shape index (κ1) is 19.7. The molecule has 1 saturated heterocycles. The van der Waals surface area contributed by atoms with Crippen molar-refractivity contribution in [2.45, 2.75) is 23.6 Å². The van der Waals surface area contributed by atoms with Crippen LogP contribution in [-0.2, 0) is 4.79 Å². The van der Waals surface area contributed by atoms with Crippen LogP contribution in [0.1, 0.15) is 15.9 Å². The predicted molar refractivity (Wildman–Crippen MR) is 105 cm³/mol. The number of aryl methyl sites for hydroxylation is 1. The SMILES string of the molecule is Cc1cccc(NC(=O)C2CSCN2C(=O)c2ccc(SC(F)F)cc2)c1. The predicted octanol–water partition coefficient (Wildman–Crippen LogP) is 4.46. The Morgan fingerprint density at radius 3 is 2.63 bits per heavy atom. The quantitative estimate of drug-likeness (QED) is 0.742. The van der Waals surface area contributed by atoms with Gasteiger partial charge in [0.15, 0.2) is 0 Å². The summed E-state index contributed by atoms with van der Waals surface area (Å²) in [6.45, 7) is 1.94. The van der Waals surface area contributed by atoms with Gasteiger partial charge >= 0.3 is 0 Å². The van der Waals surface area contributed by atoms with Crippen LogP contribution in [-0.4, -0.2) is 40.1 Å². The number of alkyl halides is 2. The van der Waals surface area contributed by atoms with Crippen molar-refractivity contribution < 1.29 is 18.4 Å². The molecule has 2 aromatic rings. The number of nitrogens with one attached hydrogen (secondary N) is 1. The maximum atomic E-state index is 12.8. The zero-order chi connectivity index (χ0) is 19.4. The molecule has 3 rings (SSSR count). The third-order valence-electron chi connectivity index (χ3n) is 4.06. The number of halogens is 2. The standard InChI is InChI=1S/C19H18F2N2O2S2/c1-12-3-2-4-14(9-12)22-17(24)16-10-26-11-23(16)18(25)13-5-7-15(8-6-13)27-19(20)21/h2-9,16,19H,10-11H2,1H3,(H,22,24). The van der Waals surface area contributed by atoms with Gasteiger partial charge in [0.2, 0.25) is 5.91 Å². The van der Waals surface area contributed by atoms with Crippen LogP contribution in [0.25, 0.3) is 0 Å². The van der Waals surface area contributed by atoms with Gasteiger partial charge in [0.25, 0.3) is 11.7 Å². The average molecular weight is 408 g/mol. The summed E-state index contributed by atoms with van der Waals surface area (Å²) < 4.78 is 24.8. The van der Waals surface area contributed by atoms with Crippen molar-refractivity contribution in [2.75, 3.05) is 16.9 Å². The third kappa shape index (κ3) is 5.01. The van der Waals surface area contributed by atoms with E-state index in [2.05, 4.69) is 5.32 Å². The molecular weight excluding hydrogens is 390 g/mol. The van der Waals surface area contributed by atoms with Gasteiger partial charge in [0, 0.05) is 21.9 Å². The van der Waals surface area contributed by atoms with Crippen molar-refractivity contribution in [3.63, 3.8) is 0 Å². The number of thioether (sulfide) groups is 2. The molecule has 1 atom stereocenters. The second kappa shape index (κ2) is 8.75. The molecule has 1 aliphatic rings. The van der Waals surface area contributed by atoms with Crippen molar-refractivity contribution in [1.82, 2.24) is 4.90 Å². The van der Waals surface area contributed by atoms with Crippen LogP contribution in [0.2, 0.25) is 0 Å². The molecule has 2 aromatic carbocycles. The van der Waals surface area contributed by atoms with Crippen LogP contribution in [0.4, 0.5) is 14.5 Å². The molecule has 0 saturated carbocycles. The summed E-state index contributed by atoms with van der Waals surface area (Å²) in [5, 5.41) is 2.86. The number of nitrogens with zero attached hydrogens (tertiary/aromatic N) is 1. The number of anilines is 1. The second-order valence-corrected chi connectivity index (χ2v) is 8.12. The van der Waals surface area contributed by atoms with E-state index in [9.17, 15) is 18.4 Å². The first-order valence-corrected chi connectivity index (χ1v) is 10.3. The fourth-order valence-electron chi connectivity index (χ4n) is 2.75. The number of benzene rings is 2. The minimum Gasteiger partial charge on any atom is -0.324 e. The minimum atomic E-state index is -2.50. The Labute approximate surface area is 164 Å². The van der Waals surface area contributed by atoms with Gasteiger partial charge in [-0.1, -0.05) is 23.9 Å². The Morgan fingerprint density at radius 2 is 1.96 bits per heavy atom. The Hall–Kier alpha value is -2.06. The molecule has 0 radical (unpaired) electrons. The minimum absolute atomic E-state index is 0.233. The van der Waals surface area contributed by atoms with Crippen LogP contribution >= 0.6 is 23.5 Å². The lowest BCUT2D eigenvalue weighted by Gasteiger charge is -2.23. The van der Waals surface area contributed by atoms with Gasteiger partial charge in [-0.15, -0.1) is 11.8 Å². The monoisotopic (exact) mass is 408 g/mol. The molecule has 8 heteroatoms. The Morgan fingerprint density at radius 1 is 1.22 bits per heavy atom. The van der Waals surface area contributed by atoms with Crippen molar-refractivity contribution in [3.8, 4) is 0 Å². The first-order valence-electron chi connectivity index (χ1n) is 8.25. The summed E-state index contributed by atoms with van der Waals surface area (Å²) in [6, 6.07) is 12.9. The van der Waals surface area contributed by atoms with Crippen LogP contribution in [0.3, 0.4) is 0 Å². The van der Waals surface area contributed by atoms with E-state index < -0.39 is 11.8 Å². The number of rotatable bonds is 5. The summed E-state index contributed by atoms with van der Waals surface area (Å²) in [6.07, 6.45) is 0. The van der Waals surface area contributed by atoms with Crippen LogP contribution in [0, 0.1) is 6.92 Å². The van der Waals surface area contributed by atoms with E-state index in [1.54, 1.807) is 6.07 Å². The number of hydrogen-bond donors (Lipinski definition) is 1. The van der Waals surface area contributed by atoms with Crippen LogP contribution < -0.4 is 5.32 Å². The maximum Gasteiger partial charge on any atom is 0.288 e. The molecule has 142 valence electrons. The molecule has 0 bridgehead atoms. The molecule has 1 aliphatic heterocycles. The topological polar surface area (TPSA) is 49.4 Å². The highest BCUT2D eigenvalue weighted by molar-refractivity contribution is 7.99. The summed E-state index contributed by atoms with van der Waals surface area (Å²) in [5.74, 6) is -2.08. The van der Waals surface area contributed by atoms with Gasteiger partial charge in [-0.25, -0.2) is 0 Å². The molecule has 1 heterocycles. The maximum absolute atomic E-state index is 12.8. The van der Waals surface area contributed by atoms with E-state index in [0.29, 0.717) is 39.5 Å². The summed E-state index contributed by atoms with van der Waals surface area (Å²) in [4.78, 5) is 27.3. The van der Waals surface area contributed by atoms with Gasteiger partial charge in [0.1, 0.15) is 6.04 Å². The molecule has 1 unspecified atom stereocenters. The lowest BCUT2D eigenvalue weighted by Crippen LogP contribution is -2.44. The molecule has 2 amide bonds. The fourth-order valence-corrected chi connectivity index (χ4v) is 4.41. The molecule has 0 aromatic heterocycles. The van der Waals surface area contributed by atoms with Gasteiger partial charge in [0.05, 0.1) is 5.88 Å². The van der Waals surface area contributed by atoms with Crippen molar-refractivity contribution >= 4 is 41.0 Å². The summed E-state index contributed by atoms with van der Waals surface area (Å²) in [7, 11) is 0. The second-order valence-electron chi connectivity index (χ2n) is 6.05. The zero-order valence-electron chi connectivity index (χ0n) is 14.5. The summed E-state index contributed by atoms with van der Waals surface area (Å²) >= 11 is 1.94. The zero-order valence-corrected chi connectivity index (χ0v) is 16.2. The van der Waals surface area contributed by atoms with Gasteiger partial charge in [-0.3, -0.25) is 9.59 Å².